The van der Waals surface area contributed by atoms with Crippen molar-refractivity contribution in [2.75, 3.05) is 5.32 Å². The summed E-state index contributed by atoms with van der Waals surface area (Å²) in [6.07, 6.45) is 0.342. The second-order valence-corrected chi connectivity index (χ2v) is 6.74. The fraction of sp³-hybridized carbons (Fsp3) is 0.200. The Bertz CT molecular complexity index is 1130. The van der Waals surface area contributed by atoms with Crippen LogP contribution in [0.15, 0.2) is 53.6 Å². The molecule has 1 N–H and O–H groups in total. The van der Waals surface area contributed by atoms with Crippen LogP contribution in [0, 0.1) is 12.7 Å². The molecule has 0 saturated carbocycles. The smallest absolute Gasteiger partial charge is 0.271 e. The van der Waals surface area contributed by atoms with Gasteiger partial charge in [0.15, 0.2) is 5.82 Å². The summed E-state index contributed by atoms with van der Waals surface area (Å²) in [5.41, 5.74) is 1.53. The highest BCUT2D eigenvalue weighted by atomic mass is 19.1. The summed E-state index contributed by atoms with van der Waals surface area (Å²) in [5, 5.41) is 19.2. The Kier molecular flexibility index (Phi) is 5.29. The monoisotopic (exact) mass is 407 g/mol. The summed E-state index contributed by atoms with van der Waals surface area (Å²) in [7, 11) is 0. The second-order valence-electron chi connectivity index (χ2n) is 6.74. The molecule has 0 saturated heterocycles. The molecule has 9 nitrogen and oxygen atoms in total. The number of aromatic nitrogens is 4. The van der Waals surface area contributed by atoms with Crippen molar-refractivity contribution in [3.05, 3.63) is 65.7 Å². The second kappa shape index (κ2) is 8.19. The van der Waals surface area contributed by atoms with E-state index in [2.05, 4.69) is 25.9 Å². The minimum absolute atomic E-state index is 0.0263. The number of benzene rings is 2. The van der Waals surface area contributed by atoms with Crippen LogP contribution in [0.3, 0.4) is 0 Å². The highest BCUT2D eigenvalue weighted by Gasteiger charge is 2.25. The number of carbonyl (C=O) groups excluding carboxylic acids is 2. The first-order valence-corrected chi connectivity index (χ1v) is 9.29. The normalized spacial score (nSPS) is 13.9. The van der Waals surface area contributed by atoms with Gasteiger partial charge in [-0.05, 0) is 41.1 Å². The molecule has 0 radical (unpaired) electrons. The molecule has 1 aliphatic rings. The first kappa shape index (κ1) is 19.4. The third kappa shape index (κ3) is 4.07. The summed E-state index contributed by atoms with van der Waals surface area (Å²) in [6.45, 7) is 1.97. The van der Waals surface area contributed by atoms with Crippen molar-refractivity contribution in [1.82, 2.24) is 25.2 Å². The van der Waals surface area contributed by atoms with Gasteiger partial charge in [0.1, 0.15) is 11.5 Å². The minimum Gasteiger partial charge on any atom is -0.318 e. The van der Waals surface area contributed by atoms with Gasteiger partial charge in [-0.25, -0.2) is 9.40 Å². The predicted octanol–water partition coefficient (Wildman–Crippen LogP) is 2.23. The van der Waals surface area contributed by atoms with Crippen LogP contribution >= 0.6 is 0 Å². The van der Waals surface area contributed by atoms with E-state index >= 15 is 0 Å². The number of hydrazone groups is 1. The maximum absolute atomic E-state index is 14.3. The number of aryl methyl sites for hydroxylation is 1. The minimum atomic E-state index is -0.605. The van der Waals surface area contributed by atoms with Gasteiger partial charge in [-0.1, -0.05) is 30.3 Å². The number of rotatable bonds is 5. The fourth-order valence-electron chi connectivity index (χ4n) is 3.05. The number of carbonyl (C=O) groups is 2. The number of tetrazole rings is 1. The summed E-state index contributed by atoms with van der Waals surface area (Å²) in [6, 6.07) is 13.5. The van der Waals surface area contributed by atoms with E-state index in [1.807, 2.05) is 30.3 Å². The fourth-order valence-corrected chi connectivity index (χ4v) is 3.05. The molecule has 0 unspecified atom stereocenters. The highest BCUT2D eigenvalue weighted by Crippen LogP contribution is 2.20. The molecule has 2 amide bonds. The van der Waals surface area contributed by atoms with Crippen molar-refractivity contribution >= 4 is 23.2 Å². The predicted molar refractivity (Wildman–Crippen MR) is 106 cm³/mol. The Morgan fingerprint density at radius 1 is 1.17 bits per heavy atom. The van der Waals surface area contributed by atoms with Gasteiger partial charge < -0.3 is 5.32 Å². The lowest BCUT2D eigenvalue weighted by molar-refractivity contribution is -0.132. The number of hydrogen-bond acceptors (Lipinski definition) is 6. The van der Waals surface area contributed by atoms with Gasteiger partial charge in [0.2, 0.25) is 5.91 Å². The number of amides is 2. The third-order valence-electron chi connectivity index (χ3n) is 4.61. The largest absolute Gasteiger partial charge is 0.318 e. The first-order valence-electron chi connectivity index (χ1n) is 9.29. The molecule has 0 aliphatic carbocycles. The summed E-state index contributed by atoms with van der Waals surface area (Å²) in [5.74, 6) is -0.820. The first-order chi connectivity index (χ1) is 14.5. The lowest BCUT2D eigenvalue weighted by atomic mass is 10.1. The Morgan fingerprint density at radius 3 is 2.70 bits per heavy atom. The van der Waals surface area contributed by atoms with Gasteiger partial charge in [-0.2, -0.15) is 9.78 Å². The van der Waals surface area contributed by atoms with E-state index in [0.717, 1.165) is 5.56 Å². The van der Waals surface area contributed by atoms with E-state index in [4.69, 9.17) is 0 Å². The average molecular weight is 407 g/mol. The summed E-state index contributed by atoms with van der Waals surface area (Å²) < 4.78 is 15.7. The summed E-state index contributed by atoms with van der Waals surface area (Å²) >= 11 is 0. The number of hydrogen-bond donors (Lipinski definition) is 1. The van der Waals surface area contributed by atoms with Gasteiger partial charge >= 0.3 is 0 Å². The van der Waals surface area contributed by atoms with E-state index in [9.17, 15) is 14.0 Å². The Labute approximate surface area is 171 Å². The van der Waals surface area contributed by atoms with Crippen LogP contribution in [0.4, 0.5) is 10.1 Å². The molecule has 3 aromatic rings. The van der Waals surface area contributed by atoms with Crippen molar-refractivity contribution in [3.63, 3.8) is 0 Å². The zero-order chi connectivity index (χ0) is 21.1. The molecule has 2 aromatic carbocycles. The molecular formula is C20H18FN7O2. The van der Waals surface area contributed by atoms with Crippen molar-refractivity contribution < 1.29 is 14.0 Å². The SMILES string of the molecule is Cc1nnnn1-c1ccc(F)c(NC(=O)C2=NN(Cc3ccccc3)C(=O)CC2)c1. The molecular weight excluding hydrogens is 389 g/mol. The van der Waals surface area contributed by atoms with Gasteiger partial charge in [-0.3, -0.25) is 9.59 Å². The standard InChI is InChI=1S/C20H18FN7O2/c1-13-23-25-26-28(13)15-7-8-16(21)18(11-15)22-20(30)17-9-10-19(29)27(24-17)12-14-5-3-2-4-6-14/h2-8,11H,9-10,12H2,1H3,(H,22,30). The van der Waals surface area contributed by atoms with Crippen LogP contribution in [0.2, 0.25) is 0 Å². The van der Waals surface area contributed by atoms with Gasteiger partial charge in [0, 0.05) is 12.8 Å². The molecule has 0 atom stereocenters. The molecule has 4 rings (SSSR count). The van der Waals surface area contributed by atoms with Gasteiger partial charge in [0.25, 0.3) is 5.91 Å². The maximum atomic E-state index is 14.3. The van der Waals surface area contributed by atoms with E-state index in [1.165, 1.54) is 27.9 Å². The van der Waals surface area contributed by atoms with Crippen molar-refractivity contribution in [3.8, 4) is 5.69 Å². The van der Waals surface area contributed by atoms with Crippen LogP contribution in [0.1, 0.15) is 24.2 Å². The zero-order valence-corrected chi connectivity index (χ0v) is 16.1. The van der Waals surface area contributed by atoms with Crippen molar-refractivity contribution in [1.29, 1.82) is 0 Å². The number of nitrogens with zero attached hydrogens (tertiary/aromatic N) is 6. The van der Waals surface area contributed by atoms with Crippen LogP contribution in [0.5, 0.6) is 0 Å². The molecule has 10 heteroatoms. The maximum Gasteiger partial charge on any atom is 0.271 e. The quantitative estimate of drug-likeness (QED) is 0.698. The lowest BCUT2D eigenvalue weighted by Crippen LogP contribution is -2.36. The molecule has 30 heavy (non-hydrogen) atoms. The lowest BCUT2D eigenvalue weighted by Gasteiger charge is -2.23. The average Bonchev–Trinajstić information content (AvgIpc) is 3.18. The Balaban J connectivity index is 1.54. The van der Waals surface area contributed by atoms with E-state index in [-0.39, 0.29) is 36.7 Å². The van der Waals surface area contributed by atoms with Gasteiger partial charge in [-0.15, -0.1) is 5.10 Å². The number of halogens is 1. The number of nitrogens with one attached hydrogen (secondary N) is 1. The van der Waals surface area contributed by atoms with Gasteiger partial charge in [0.05, 0.1) is 17.9 Å². The number of anilines is 1. The highest BCUT2D eigenvalue weighted by molar-refractivity contribution is 6.43. The van der Waals surface area contributed by atoms with Crippen LogP contribution < -0.4 is 5.32 Å². The van der Waals surface area contributed by atoms with E-state index in [0.29, 0.717) is 11.5 Å². The molecule has 0 fully saturated rings. The Morgan fingerprint density at radius 2 is 1.97 bits per heavy atom. The third-order valence-corrected chi connectivity index (χ3v) is 4.61. The topological polar surface area (TPSA) is 105 Å². The van der Waals surface area contributed by atoms with Crippen LogP contribution in [-0.4, -0.2) is 42.7 Å². The van der Waals surface area contributed by atoms with Crippen molar-refractivity contribution in [2.45, 2.75) is 26.3 Å². The molecule has 0 spiro atoms. The van der Waals surface area contributed by atoms with E-state index in [1.54, 1.807) is 6.92 Å². The van der Waals surface area contributed by atoms with Crippen LogP contribution in [0.25, 0.3) is 5.69 Å². The van der Waals surface area contributed by atoms with Crippen LogP contribution in [-0.2, 0) is 16.1 Å². The molecule has 0 bridgehead atoms. The molecule has 2 heterocycles. The zero-order valence-electron chi connectivity index (χ0n) is 16.1. The van der Waals surface area contributed by atoms with E-state index < -0.39 is 11.7 Å². The Hall–Kier alpha value is -3.95. The van der Waals surface area contributed by atoms with Crippen molar-refractivity contribution in [2.24, 2.45) is 5.10 Å². The molecule has 1 aromatic heterocycles. The summed E-state index contributed by atoms with van der Waals surface area (Å²) in [4.78, 5) is 24.9. The molecule has 152 valence electrons. The molecule has 1 aliphatic heterocycles.